The van der Waals surface area contributed by atoms with Crippen LogP contribution in [0.1, 0.15) is 12.0 Å². The summed E-state index contributed by atoms with van der Waals surface area (Å²) in [5, 5.41) is 21.9. The first-order chi connectivity index (χ1) is 13.6. The van der Waals surface area contributed by atoms with Crippen molar-refractivity contribution in [3.8, 4) is 5.75 Å². The number of aromatic hydroxyl groups is 1. The molecule has 0 radical (unpaired) electrons. The lowest BCUT2D eigenvalue weighted by atomic mass is 9.97. The number of rotatable bonds is 9. The smallest absolute Gasteiger partial charge is 0.329 e. The molecule has 0 aliphatic rings. The van der Waals surface area contributed by atoms with Crippen LogP contribution in [0.3, 0.4) is 0 Å². The SMILES string of the molecule is O=[PH+]C(CSc1c(O)ccc2ccccc12)C(CCc1ccccc1)C(=O)O. The summed E-state index contributed by atoms with van der Waals surface area (Å²) < 4.78 is 11.8. The third-order valence-electron chi connectivity index (χ3n) is 4.81. The Balaban J connectivity index is 1.74. The summed E-state index contributed by atoms with van der Waals surface area (Å²) in [4.78, 5) is 12.5. The Morgan fingerprint density at radius 3 is 2.43 bits per heavy atom. The molecular weight excluding hydrogens is 391 g/mol. The number of carboxylic acid groups (broad SMARTS) is 1. The van der Waals surface area contributed by atoms with E-state index in [-0.39, 0.29) is 5.75 Å². The second kappa shape index (κ2) is 9.72. The van der Waals surface area contributed by atoms with Crippen molar-refractivity contribution >= 4 is 37.0 Å². The highest BCUT2D eigenvalue weighted by Crippen LogP contribution is 2.38. The molecule has 0 aromatic heterocycles. The average molecular weight is 413 g/mol. The standard InChI is InChI=1S/C22H21O4PS/c23-19-13-11-16-8-4-5-9-17(16)21(19)28-14-20(27-26)18(22(24)25)12-10-15-6-2-1-3-7-15/h1-9,11,13,18,20,23H,10,12,14H2,(H,24,25)/p+1. The summed E-state index contributed by atoms with van der Waals surface area (Å²) in [6, 6.07) is 20.9. The van der Waals surface area contributed by atoms with Gasteiger partial charge in [-0.3, -0.25) is 4.79 Å². The van der Waals surface area contributed by atoms with Crippen LogP contribution in [0.2, 0.25) is 0 Å². The van der Waals surface area contributed by atoms with E-state index in [0.717, 1.165) is 16.3 Å². The maximum atomic E-state index is 11.8. The van der Waals surface area contributed by atoms with Crippen LogP contribution in [0.4, 0.5) is 0 Å². The predicted octanol–water partition coefficient (Wildman–Crippen LogP) is 5.36. The maximum Gasteiger partial charge on any atom is 0.329 e. The summed E-state index contributed by atoms with van der Waals surface area (Å²) in [5.41, 5.74) is 0.589. The molecular formula is C22H22O4PS+. The van der Waals surface area contributed by atoms with E-state index >= 15 is 0 Å². The molecule has 3 unspecified atom stereocenters. The summed E-state index contributed by atoms with van der Waals surface area (Å²) in [6.07, 6.45) is 1.06. The van der Waals surface area contributed by atoms with E-state index in [1.165, 1.54) is 11.8 Å². The number of carboxylic acids is 1. The van der Waals surface area contributed by atoms with Gasteiger partial charge in [-0.15, -0.1) is 11.8 Å². The summed E-state index contributed by atoms with van der Waals surface area (Å²) in [5.74, 6) is -1.09. The molecule has 3 atom stereocenters. The van der Waals surface area contributed by atoms with E-state index in [1.54, 1.807) is 6.07 Å². The van der Waals surface area contributed by atoms with Gasteiger partial charge in [0.05, 0.1) is 4.90 Å². The Labute approximate surface area is 169 Å². The van der Waals surface area contributed by atoms with Crippen molar-refractivity contribution in [1.82, 2.24) is 0 Å². The second-order valence-electron chi connectivity index (χ2n) is 6.64. The molecule has 3 aromatic rings. The molecule has 0 saturated carbocycles. The topological polar surface area (TPSA) is 74.6 Å². The third-order valence-corrected chi connectivity index (χ3v) is 7.26. The normalized spacial score (nSPS) is 13.4. The van der Waals surface area contributed by atoms with Gasteiger partial charge in [0, 0.05) is 5.75 Å². The van der Waals surface area contributed by atoms with Crippen molar-refractivity contribution in [2.45, 2.75) is 23.4 Å². The van der Waals surface area contributed by atoms with Crippen LogP contribution >= 0.6 is 20.2 Å². The van der Waals surface area contributed by atoms with E-state index in [9.17, 15) is 19.6 Å². The van der Waals surface area contributed by atoms with E-state index in [2.05, 4.69) is 0 Å². The van der Waals surface area contributed by atoms with Gasteiger partial charge in [-0.2, -0.15) is 0 Å². The highest BCUT2D eigenvalue weighted by molar-refractivity contribution is 7.99. The number of hydrogen-bond acceptors (Lipinski definition) is 4. The lowest BCUT2D eigenvalue weighted by Crippen LogP contribution is -2.26. The van der Waals surface area contributed by atoms with Gasteiger partial charge in [0.2, 0.25) is 0 Å². The molecule has 0 saturated heterocycles. The number of phenols is 1. The van der Waals surface area contributed by atoms with Gasteiger partial charge in [-0.25, -0.2) is 0 Å². The number of thioether (sulfide) groups is 1. The monoisotopic (exact) mass is 413 g/mol. The van der Waals surface area contributed by atoms with Crippen LogP contribution in [0.5, 0.6) is 5.75 Å². The van der Waals surface area contributed by atoms with Crippen LogP contribution in [0, 0.1) is 5.92 Å². The molecule has 2 N–H and O–H groups in total. The quantitative estimate of drug-likeness (QED) is 0.365. The van der Waals surface area contributed by atoms with E-state index in [0.29, 0.717) is 23.5 Å². The zero-order chi connectivity index (χ0) is 19.9. The Bertz CT molecular complexity index is 961. The second-order valence-corrected chi connectivity index (χ2v) is 8.65. The first-order valence-corrected chi connectivity index (χ1v) is 11.0. The number of aryl methyl sites for hydroxylation is 1. The molecule has 28 heavy (non-hydrogen) atoms. The van der Waals surface area contributed by atoms with E-state index in [1.807, 2.05) is 60.7 Å². The van der Waals surface area contributed by atoms with Crippen molar-refractivity contribution in [2.75, 3.05) is 5.75 Å². The molecule has 0 aliphatic heterocycles. The predicted molar refractivity (Wildman–Crippen MR) is 115 cm³/mol. The van der Waals surface area contributed by atoms with Gasteiger partial charge in [0.25, 0.3) is 0 Å². The van der Waals surface area contributed by atoms with Crippen molar-refractivity contribution in [3.05, 3.63) is 72.3 Å². The van der Waals surface area contributed by atoms with Gasteiger partial charge in [0.15, 0.2) is 5.66 Å². The van der Waals surface area contributed by atoms with Crippen LogP contribution in [-0.4, -0.2) is 27.6 Å². The molecule has 0 heterocycles. The molecule has 0 fully saturated rings. The zero-order valence-corrected chi connectivity index (χ0v) is 17.1. The summed E-state index contributed by atoms with van der Waals surface area (Å²) in [7, 11) is -0.718. The Kier molecular flexibility index (Phi) is 7.07. The number of fused-ring (bicyclic) bond motifs is 1. The van der Waals surface area contributed by atoms with Crippen molar-refractivity contribution in [2.24, 2.45) is 5.92 Å². The zero-order valence-electron chi connectivity index (χ0n) is 15.2. The van der Waals surface area contributed by atoms with Crippen LogP contribution < -0.4 is 0 Å². The molecule has 0 amide bonds. The largest absolute Gasteiger partial charge is 0.507 e. The lowest BCUT2D eigenvalue weighted by molar-refractivity contribution is -0.141. The first-order valence-electron chi connectivity index (χ1n) is 9.08. The molecule has 4 nitrogen and oxygen atoms in total. The average Bonchev–Trinajstić information content (AvgIpc) is 2.72. The van der Waals surface area contributed by atoms with Gasteiger partial charge in [-0.1, -0.05) is 65.2 Å². The molecule has 144 valence electrons. The number of aliphatic carboxylic acids is 1. The Hall–Kier alpha value is -2.36. The molecule has 3 rings (SSSR count). The van der Waals surface area contributed by atoms with Crippen molar-refractivity contribution < 1.29 is 19.6 Å². The van der Waals surface area contributed by atoms with Gasteiger partial charge in [-0.05, 0) is 35.2 Å². The number of hydrogen-bond donors (Lipinski definition) is 2. The molecule has 6 heteroatoms. The highest BCUT2D eigenvalue weighted by Gasteiger charge is 2.34. The van der Waals surface area contributed by atoms with Crippen LogP contribution in [0.15, 0.2) is 71.6 Å². The Morgan fingerprint density at radius 2 is 1.71 bits per heavy atom. The maximum absolute atomic E-state index is 11.8. The third kappa shape index (κ3) is 4.92. The number of phenolic OH excluding ortho intramolecular Hbond substituents is 1. The minimum absolute atomic E-state index is 0.160. The summed E-state index contributed by atoms with van der Waals surface area (Å²) >= 11 is 1.37. The lowest BCUT2D eigenvalue weighted by Gasteiger charge is -2.15. The minimum Gasteiger partial charge on any atom is -0.507 e. The highest BCUT2D eigenvalue weighted by atomic mass is 32.2. The minimum atomic E-state index is -0.924. The van der Waals surface area contributed by atoms with Crippen molar-refractivity contribution in [1.29, 1.82) is 0 Å². The van der Waals surface area contributed by atoms with Crippen molar-refractivity contribution in [3.63, 3.8) is 0 Å². The van der Waals surface area contributed by atoms with Gasteiger partial charge >= 0.3 is 14.4 Å². The molecule has 0 spiro atoms. The fourth-order valence-corrected chi connectivity index (χ4v) is 5.38. The number of carbonyl (C=O) groups is 1. The molecule has 3 aromatic carbocycles. The molecule has 0 bridgehead atoms. The van der Waals surface area contributed by atoms with Crippen LogP contribution in [0.25, 0.3) is 10.8 Å². The summed E-state index contributed by atoms with van der Waals surface area (Å²) in [6.45, 7) is 0. The van der Waals surface area contributed by atoms with E-state index < -0.39 is 26.0 Å². The fraction of sp³-hybridized carbons (Fsp3) is 0.227. The Morgan fingerprint density at radius 1 is 1.00 bits per heavy atom. The van der Waals surface area contributed by atoms with Gasteiger partial charge in [0.1, 0.15) is 11.7 Å². The first kappa shape index (κ1) is 20.4. The fourth-order valence-electron chi connectivity index (χ4n) is 3.25. The number of benzene rings is 3. The van der Waals surface area contributed by atoms with Crippen LogP contribution in [-0.2, 0) is 15.8 Å². The molecule has 0 aliphatic carbocycles. The van der Waals surface area contributed by atoms with Gasteiger partial charge < -0.3 is 10.2 Å². The van der Waals surface area contributed by atoms with E-state index in [4.69, 9.17) is 0 Å².